The molecule has 0 bridgehead atoms. The standard InChI is InChI=1S/C15H21N5OS/c1-12-8-16-20(9-12)10-14(21)18-4-3-5-19(7-6-18)15-17-13(2)11-22-15/h8-9,11H,3-7,10H2,1-2H3. The minimum atomic E-state index is 0.139. The van der Waals surface area contributed by atoms with Crippen LogP contribution in [0.25, 0.3) is 0 Å². The number of carbonyl (C=O) groups excluding carboxylic acids is 1. The normalized spacial score (nSPS) is 15.9. The number of nitrogens with zero attached hydrogens (tertiary/aromatic N) is 5. The average molecular weight is 319 g/mol. The fourth-order valence-electron chi connectivity index (χ4n) is 2.64. The molecule has 6 nitrogen and oxygen atoms in total. The van der Waals surface area contributed by atoms with E-state index in [4.69, 9.17) is 0 Å². The van der Waals surface area contributed by atoms with Gasteiger partial charge in [-0.2, -0.15) is 5.10 Å². The van der Waals surface area contributed by atoms with Crippen molar-refractivity contribution in [1.29, 1.82) is 0 Å². The molecule has 3 heterocycles. The van der Waals surface area contributed by atoms with E-state index in [0.29, 0.717) is 6.54 Å². The monoisotopic (exact) mass is 319 g/mol. The Morgan fingerprint density at radius 2 is 2.14 bits per heavy atom. The van der Waals surface area contributed by atoms with E-state index in [9.17, 15) is 4.79 Å². The Balaban J connectivity index is 1.58. The molecule has 22 heavy (non-hydrogen) atoms. The Labute approximate surface area is 134 Å². The van der Waals surface area contributed by atoms with Gasteiger partial charge >= 0.3 is 0 Å². The van der Waals surface area contributed by atoms with Crippen molar-refractivity contribution in [2.45, 2.75) is 26.8 Å². The molecule has 2 aromatic heterocycles. The van der Waals surface area contributed by atoms with Gasteiger partial charge in [0.1, 0.15) is 6.54 Å². The van der Waals surface area contributed by atoms with Crippen molar-refractivity contribution in [2.24, 2.45) is 0 Å². The first kappa shape index (κ1) is 15.0. The Bertz CT molecular complexity index is 650. The predicted molar refractivity (Wildman–Crippen MR) is 87.2 cm³/mol. The molecule has 0 N–H and O–H groups in total. The summed E-state index contributed by atoms with van der Waals surface area (Å²) in [5.41, 5.74) is 2.14. The summed E-state index contributed by atoms with van der Waals surface area (Å²) in [5, 5.41) is 7.33. The molecule has 0 saturated carbocycles. The van der Waals surface area contributed by atoms with Gasteiger partial charge in [-0.15, -0.1) is 11.3 Å². The van der Waals surface area contributed by atoms with Gasteiger partial charge in [0, 0.05) is 37.8 Å². The molecule has 2 aromatic rings. The molecule has 1 fully saturated rings. The van der Waals surface area contributed by atoms with Crippen LogP contribution < -0.4 is 4.90 Å². The van der Waals surface area contributed by atoms with E-state index in [1.165, 1.54) is 0 Å². The second kappa shape index (κ2) is 6.48. The first-order valence-corrected chi connectivity index (χ1v) is 8.44. The zero-order valence-corrected chi connectivity index (χ0v) is 13.8. The molecule has 0 aliphatic carbocycles. The van der Waals surface area contributed by atoms with Crippen molar-refractivity contribution in [3.63, 3.8) is 0 Å². The van der Waals surface area contributed by atoms with Gasteiger partial charge in [-0.1, -0.05) is 0 Å². The average Bonchev–Trinajstić information content (AvgIpc) is 3.00. The first-order chi connectivity index (χ1) is 10.6. The quantitative estimate of drug-likeness (QED) is 0.864. The minimum absolute atomic E-state index is 0.139. The van der Waals surface area contributed by atoms with Gasteiger partial charge in [0.05, 0.1) is 11.9 Å². The number of amides is 1. The lowest BCUT2D eigenvalue weighted by Crippen LogP contribution is -2.37. The Morgan fingerprint density at radius 3 is 2.82 bits per heavy atom. The Kier molecular flexibility index (Phi) is 4.42. The third-order valence-electron chi connectivity index (χ3n) is 3.79. The zero-order valence-electron chi connectivity index (χ0n) is 13.0. The molecule has 3 rings (SSSR count). The molecule has 0 aromatic carbocycles. The van der Waals surface area contributed by atoms with E-state index in [-0.39, 0.29) is 5.91 Å². The second-order valence-corrected chi connectivity index (χ2v) is 6.54. The van der Waals surface area contributed by atoms with Crippen molar-refractivity contribution in [3.8, 4) is 0 Å². The number of hydrogen-bond acceptors (Lipinski definition) is 5. The largest absolute Gasteiger partial charge is 0.346 e. The van der Waals surface area contributed by atoms with Gasteiger partial charge in [0.2, 0.25) is 5.91 Å². The van der Waals surface area contributed by atoms with E-state index in [1.807, 2.05) is 24.9 Å². The van der Waals surface area contributed by atoms with Gasteiger partial charge in [-0.25, -0.2) is 4.98 Å². The zero-order chi connectivity index (χ0) is 15.5. The Morgan fingerprint density at radius 1 is 1.27 bits per heavy atom. The lowest BCUT2D eigenvalue weighted by molar-refractivity contribution is -0.131. The fourth-order valence-corrected chi connectivity index (χ4v) is 3.49. The molecule has 1 aliphatic rings. The molecule has 0 radical (unpaired) electrons. The summed E-state index contributed by atoms with van der Waals surface area (Å²) in [6, 6.07) is 0. The molecule has 118 valence electrons. The maximum Gasteiger partial charge on any atom is 0.244 e. The van der Waals surface area contributed by atoms with Crippen LogP contribution in [0.15, 0.2) is 17.8 Å². The van der Waals surface area contributed by atoms with Crippen LogP contribution in [0.3, 0.4) is 0 Å². The summed E-state index contributed by atoms with van der Waals surface area (Å²) >= 11 is 1.68. The number of aromatic nitrogens is 3. The van der Waals surface area contributed by atoms with Crippen LogP contribution in [-0.4, -0.2) is 51.8 Å². The van der Waals surface area contributed by atoms with Gasteiger partial charge < -0.3 is 9.80 Å². The van der Waals surface area contributed by atoms with E-state index >= 15 is 0 Å². The SMILES string of the molecule is Cc1cnn(CC(=O)N2CCCN(c3nc(C)cs3)CC2)c1. The molecule has 0 spiro atoms. The maximum absolute atomic E-state index is 12.4. The molecular formula is C15H21N5OS. The van der Waals surface area contributed by atoms with Crippen molar-refractivity contribution in [3.05, 3.63) is 29.0 Å². The second-order valence-electron chi connectivity index (χ2n) is 5.71. The summed E-state index contributed by atoms with van der Waals surface area (Å²) < 4.78 is 1.71. The van der Waals surface area contributed by atoms with Gasteiger partial charge in [-0.3, -0.25) is 9.48 Å². The number of hydrogen-bond donors (Lipinski definition) is 0. The van der Waals surface area contributed by atoms with Crippen LogP contribution in [0.2, 0.25) is 0 Å². The molecule has 1 saturated heterocycles. The van der Waals surface area contributed by atoms with Crippen LogP contribution in [0.5, 0.6) is 0 Å². The highest BCUT2D eigenvalue weighted by Crippen LogP contribution is 2.21. The van der Waals surface area contributed by atoms with Crippen LogP contribution in [-0.2, 0) is 11.3 Å². The Hall–Kier alpha value is -1.89. The van der Waals surface area contributed by atoms with Crippen molar-refractivity contribution in [1.82, 2.24) is 19.7 Å². The summed E-state index contributed by atoms with van der Waals surface area (Å²) in [4.78, 5) is 21.2. The highest BCUT2D eigenvalue weighted by Gasteiger charge is 2.20. The third kappa shape index (κ3) is 3.47. The van der Waals surface area contributed by atoms with Gasteiger partial charge in [0.25, 0.3) is 0 Å². The van der Waals surface area contributed by atoms with Gasteiger partial charge in [0.15, 0.2) is 5.13 Å². The molecule has 7 heteroatoms. The van der Waals surface area contributed by atoms with E-state index in [0.717, 1.165) is 49.0 Å². The molecular weight excluding hydrogens is 298 g/mol. The highest BCUT2D eigenvalue weighted by atomic mass is 32.1. The number of rotatable bonds is 3. The first-order valence-electron chi connectivity index (χ1n) is 7.56. The maximum atomic E-state index is 12.4. The number of carbonyl (C=O) groups is 1. The van der Waals surface area contributed by atoms with Crippen LogP contribution in [0.4, 0.5) is 5.13 Å². The van der Waals surface area contributed by atoms with Crippen molar-refractivity contribution >= 4 is 22.4 Å². The number of thiazole rings is 1. The molecule has 0 atom stereocenters. The molecule has 1 aliphatic heterocycles. The summed E-state index contributed by atoms with van der Waals surface area (Å²) in [6.07, 6.45) is 4.66. The van der Waals surface area contributed by atoms with E-state index in [2.05, 4.69) is 20.4 Å². The molecule has 0 unspecified atom stereocenters. The number of anilines is 1. The molecule has 1 amide bonds. The van der Waals surface area contributed by atoms with Crippen LogP contribution in [0.1, 0.15) is 17.7 Å². The third-order valence-corrected chi connectivity index (χ3v) is 4.80. The van der Waals surface area contributed by atoms with E-state index < -0.39 is 0 Å². The van der Waals surface area contributed by atoms with Gasteiger partial charge in [-0.05, 0) is 25.8 Å². The van der Waals surface area contributed by atoms with Crippen molar-refractivity contribution < 1.29 is 4.79 Å². The smallest absolute Gasteiger partial charge is 0.244 e. The lowest BCUT2D eigenvalue weighted by atomic mass is 10.3. The van der Waals surface area contributed by atoms with Crippen LogP contribution >= 0.6 is 11.3 Å². The minimum Gasteiger partial charge on any atom is -0.346 e. The fraction of sp³-hybridized carbons (Fsp3) is 0.533. The predicted octanol–water partition coefficient (Wildman–Crippen LogP) is 1.70. The summed E-state index contributed by atoms with van der Waals surface area (Å²) in [5.74, 6) is 0.139. The summed E-state index contributed by atoms with van der Waals surface area (Å²) in [6.45, 7) is 7.67. The van der Waals surface area contributed by atoms with E-state index in [1.54, 1.807) is 22.2 Å². The summed E-state index contributed by atoms with van der Waals surface area (Å²) in [7, 11) is 0. The topological polar surface area (TPSA) is 54.3 Å². The lowest BCUT2D eigenvalue weighted by Gasteiger charge is -2.21. The number of aryl methyl sites for hydroxylation is 2. The van der Waals surface area contributed by atoms with Crippen molar-refractivity contribution in [2.75, 3.05) is 31.1 Å². The highest BCUT2D eigenvalue weighted by molar-refractivity contribution is 7.13. The van der Waals surface area contributed by atoms with Crippen LogP contribution in [0, 0.1) is 13.8 Å².